The third-order valence-electron chi connectivity index (χ3n) is 3.96. The Morgan fingerprint density at radius 2 is 2.10 bits per heavy atom. The molecule has 0 aliphatic carbocycles. The fourth-order valence-electron chi connectivity index (χ4n) is 2.74. The smallest absolute Gasteiger partial charge is 0.227 e. The number of aliphatic hydroxyl groups is 1. The SMILES string of the molecule is CN(C)[C@@H]1CN(C(=O)Cc2ccccc2F)C[C@H]1CO. The number of nitrogens with zero attached hydrogens (tertiary/aromatic N) is 2. The first kappa shape index (κ1) is 14.9. The molecule has 1 saturated heterocycles. The molecule has 0 saturated carbocycles. The topological polar surface area (TPSA) is 43.8 Å². The monoisotopic (exact) mass is 280 g/mol. The summed E-state index contributed by atoms with van der Waals surface area (Å²) in [4.78, 5) is 16.0. The van der Waals surface area contributed by atoms with Crippen LogP contribution in [0.4, 0.5) is 4.39 Å². The van der Waals surface area contributed by atoms with Crippen molar-refractivity contribution in [3.63, 3.8) is 0 Å². The van der Waals surface area contributed by atoms with Gasteiger partial charge in [0.2, 0.25) is 5.91 Å². The average Bonchev–Trinajstić information content (AvgIpc) is 2.86. The lowest BCUT2D eigenvalue weighted by molar-refractivity contribution is -0.129. The molecular formula is C15H21FN2O2. The Hall–Kier alpha value is -1.46. The maximum Gasteiger partial charge on any atom is 0.227 e. The van der Waals surface area contributed by atoms with Crippen LogP contribution in [0.5, 0.6) is 0 Å². The number of likely N-dealkylation sites (N-methyl/N-ethyl adjacent to an activating group) is 1. The largest absolute Gasteiger partial charge is 0.396 e. The Labute approximate surface area is 118 Å². The molecular weight excluding hydrogens is 259 g/mol. The van der Waals surface area contributed by atoms with E-state index < -0.39 is 0 Å². The van der Waals surface area contributed by atoms with Crippen LogP contribution < -0.4 is 0 Å². The molecule has 1 aliphatic heterocycles. The van der Waals surface area contributed by atoms with Crippen molar-refractivity contribution in [3.05, 3.63) is 35.6 Å². The summed E-state index contributed by atoms with van der Waals surface area (Å²) >= 11 is 0. The Bertz CT molecular complexity index is 479. The number of likely N-dealkylation sites (tertiary alicyclic amines) is 1. The fraction of sp³-hybridized carbons (Fsp3) is 0.533. The number of rotatable bonds is 4. The molecule has 0 radical (unpaired) electrons. The summed E-state index contributed by atoms with van der Waals surface area (Å²) in [5.74, 6) is -0.365. The highest BCUT2D eigenvalue weighted by Crippen LogP contribution is 2.21. The molecule has 2 atom stereocenters. The highest BCUT2D eigenvalue weighted by atomic mass is 19.1. The highest BCUT2D eigenvalue weighted by Gasteiger charge is 2.35. The zero-order valence-electron chi connectivity index (χ0n) is 11.9. The molecule has 1 heterocycles. The van der Waals surface area contributed by atoms with Crippen molar-refractivity contribution in [2.45, 2.75) is 12.5 Å². The lowest BCUT2D eigenvalue weighted by Gasteiger charge is -2.23. The van der Waals surface area contributed by atoms with Crippen LogP contribution >= 0.6 is 0 Å². The second-order valence-corrected chi connectivity index (χ2v) is 5.54. The van der Waals surface area contributed by atoms with Gasteiger partial charge in [0.05, 0.1) is 6.42 Å². The Balaban J connectivity index is 2.02. The van der Waals surface area contributed by atoms with E-state index >= 15 is 0 Å². The van der Waals surface area contributed by atoms with E-state index in [1.165, 1.54) is 6.07 Å². The molecule has 110 valence electrons. The lowest BCUT2D eigenvalue weighted by Crippen LogP contribution is -2.37. The van der Waals surface area contributed by atoms with Crippen LogP contribution in [0, 0.1) is 11.7 Å². The van der Waals surface area contributed by atoms with E-state index in [1.807, 2.05) is 19.0 Å². The molecule has 2 rings (SSSR count). The lowest BCUT2D eigenvalue weighted by atomic mass is 10.0. The van der Waals surface area contributed by atoms with E-state index in [4.69, 9.17) is 0 Å². The zero-order chi connectivity index (χ0) is 14.7. The first-order valence-corrected chi connectivity index (χ1v) is 6.81. The summed E-state index contributed by atoms with van der Waals surface area (Å²) in [6.07, 6.45) is 0.0744. The predicted octanol–water partition coefficient (Wildman–Crippen LogP) is 0.749. The molecule has 1 fully saturated rings. The van der Waals surface area contributed by atoms with Crippen LogP contribution in [0.15, 0.2) is 24.3 Å². The number of carbonyl (C=O) groups excluding carboxylic acids is 1. The summed E-state index contributed by atoms with van der Waals surface area (Å²) in [5, 5.41) is 9.39. The fourth-order valence-corrected chi connectivity index (χ4v) is 2.74. The van der Waals surface area contributed by atoms with E-state index in [9.17, 15) is 14.3 Å². The number of hydrogen-bond donors (Lipinski definition) is 1. The average molecular weight is 280 g/mol. The molecule has 0 unspecified atom stereocenters. The molecule has 1 N–H and O–H groups in total. The Morgan fingerprint density at radius 3 is 2.65 bits per heavy atom. The van der Waals surface area contributed by atoms with Crippen LogP contribution in [0.2, 0.25) is 0 Å². The number of amides is 1. The van der Waals surface area contributed by atoms with Gasteiger partial charge in [0.15, 0.2) is 0 Å². The van der Waals surface area contributed by atoms with Gasteiger partial charge < -0.3 is 14.9 Å². The van der Waals surface area contributed by atoms with Crippen molar-refractivity contribution in [2.24, 2.45) is 5.92 Å². The first-order valence-electron chi connectivity index (χ1n) is 6.81. The van der Waals surface area contributed by atoms with Crippen molar-refractivity contribution in [2.75, 3.05) is 33.8 Å². The molecule has 1 aliphatic rings. The van der Waals surface area contributed by atoms with Crippen LogP contribution in [0.25, 0.3) is 0 Å². The number of halogens is 1. The van der Waals surface area contributed by atoms with Crippen molar-refractivity contribution in [1.29, 1.82) is 0 Å². The summed E-state index contributed by atoms with van der Waals surface area (Å²) in [6, 6.07) is 6.50. The Kier molecular flexibility index (Phi) is 4.73. The minimum absolute atomic E-state index is 0.0618. The van der Waals surface area contributed by atoms with E-state index in [0.717, 1.165) is 0 Å². The van der Waals surface area contributed by atoms with Crippen LogP contribution in [0.1, 0.15) is 5.56 Å². The predicted molar refractivity (Wildman–Crippen MR) is 74.7 cm³/mol. The van der Waals surface area contributed by atoms with Gasteiger partial charge in [-0.1, -0.05) is 18.2 Å². The molecule has 0 aromatic heterocycles. The second-order valence-electron chi connectivity index (χ2n) is 5.54. The minimum atomic E-state index is -0.345. The van der Waals surface area contributed by atoms with Gasteiger partial charge >= 0.3 is 0 Å². The molecule has 1 aromatic carbocycles. The minimum Gasteiger partial charge on any atom is -0.396 e. The van der Waals surface area contributed by atoms with Gasteiger partial charge in [-0.25, -0.2) is 4.39 Å². The second kappa shape index (κ2) is 6.33. The highest BCUT2D eigenvalue weighted by molar-refractivity contribution is 5.79. The maximum atomic E-state index is 13.6. The van der Waals surface area contributed by atoms with E-state index in [0.29, 0.717) is 18.7 Å². The van der Waals surface area contributed by atoms with Crippen LogP contribution in [-0.2, 0) is 11.2 Å². The van der Waals surface area contributed by atoms with Gasteiger partial charge in [0, 0.05) is 31.7 Å². The van der Waals surface area contributed by atoms with Gasteiger partial charge in [0.1, 0.15) is 5.82 Å². The van der Waals surface area contributed by atoms with Crippen molar-refractivity contribution in [1.82, 2.24) is 9.80 Å². The zero-order valence-corrected chi connectivity index (χ0v) is 11.9. The molecule has 20 heavy (non-hydrogen) atoms. The molecule has 1 aromatic rings. The van der Waals surface area contributed by atoms with Crippen molar-refractivity contribution in [3.8, 4) is 0 Å². The summed E-state index contributed by atoms with van der Waals surface area (Å²) in [7, 11) is 3.89. The van der Waals surface area contributed by atoms with Gasteiger partial charge in [-0.15, -0.1) is 0 Å². The molecule has 5 heteroatoms. The van der Waals surface area contributed by atoms with Crippen molar-refractivity contribution < 1.29 is 14.3 Å². The molecule has 4 nitrogen and oxygen atoms in total. The third kappa shape index (κ3) is 3.16. The van der Waals surface area contributed by atoms with Crippen LogP contribution in [0.3, 0.4) is 0 Å². The number of benzene rings is 1. The van der Waals surface area contributed by atoms with Gasteiger partial charge in [0.25, 0.3) is 0 Å². The quantitative estimate of drug-likeness (QED) is 0.885. The van der Waals surface area contributed by atoms with E-state index in [1.54, 1.807) is 23.1 Å². The normalized spacial score (nSPS) is 22.6. The Morgan fingerprint density at radius 1 is 1.40 bits per heavy atom. The van der Waals surface area contributed by atoms with Gasteiger partial charge in [-0.05, 0) is 25.7 Å². The first-order chi connectivity index (χ1) is 9.52. The van der Waals surface area contributed by atoms with Crippen LogP contribution in [-0.4, -0.2) is 60.6 Å². The molecule has 1 amide bonds. The van der Waals surface area contributed by atoms with E-state index in [-0.39, 0.29) is 36.7 Å². The maximum absolute atomic E-state index is 13.6. The van der Waals surface area contributed by atoms with Gasteiger partial charge in [-0.2, -0.15) is 0 Å². The number of hydrogen-bond acceptors (Lipinski definition) is 3. The standard InChI is InChI=1S/C15H21FN2O2/c1-17(2)14-9-18(8-12(14)10-19)15(20)7-11-5-3-4-6-13(11)16/h3-6,12,14,19H,7-10H2,1-2H3/t12-,14+/m0/s1. The van der Waals surface area contributed by atoms with E-state index in [2.05, 4.69) is 0 Å². The summed E-state index contributed by atoms with van der Waals surface area (Å²) in [5.41, 5.74) is 0.423. The molecule has 0 bridgehead atoms. The molecule has 0 spiro atoms. The van der Waals surface area contributed by atoms with Gasteiger partial charge in [-0.3, -0.25) is 4.79 Å². The van der Waals surface area contributed by atoms with Crippen molar-refractivity contribution >= 4 is 5.91 Å². The third-order valence-corrected chi connectivity index (χ3v) is 3.96. The summed E-state index contributed by atoms with van der Waals surface area (Å²) < 4.78 is 13.6. The summed E-state index contributed by atoms with van der Waals surface area (Å²) in [6.45, 7) is 1.18. The number of carbonyl (C=O) groups is 1. The number of aliphatic hydroxyl groups excluding tert-OH is 1.